The highest BCUT2D eigenvalue weighted by atomic mass is 35.5. The van der Waals surface area contributed by atoms with E-state index in [9.17, 15) is 5.26 Å². The zero-order chi connectivity index (χ0) is 18.5. The molecular formula is C21H19ClN4O. The Morgan fingerprint density at radius 3 is 2.89 bits per heavy atom. The maximum atomic E-state index is 9.34. The summed E-state index contributed by atoms with van der Waals surface area (Å²) in [4.78, 5) is 4.53. The number of rotatable bonds is 3. The minimum Gasteiger partial charge on any atom is -0.484 e. The number of halogens is 1. The monoisotopic (exact) mass is 378 g/mol. The Morgan fingerprint density at radius 1 is 1.26 bits per heavy atom. The van der Waals surface area contributed by atoms with Crippen LogP contribution in [0.15, 0.2) is 18.2 Å². The molecule has 27 heavy (non-hydrogen) atoms. The average molecular weight is 379 g/mol. The number of aromatic nitrogens is 3. The first kappa shape index (κ1) is 16.6. The topological polar surface area (TPSA) is 74.6 Å². The summed E-state index contributed by atoms with van der Waals surface area (Å²) < 4.78 is 6.35. The van der Waals surface area contributed by atoms with E-state index in [2.05, 4.69) is 27.3 Å². The van der Waals surface area contributed by atoms with Crippen LogP contribution in [-0.2, 0) is 6.42 Å². The summed E-state index contributed by atoms with van der Waals surface area (Å²) >= 11 is 6.26. The van der Waals surface area contributed by atoms with E-state index in [0.717, 1.165) is 58.4 Å². The molecule has 2 aliphatic carbocycles. The fourth-order valence-electron chi connectivity index (χ4n) is 4.07. The van der Waals surface area contributed by atoms with Gasteiger partial charge in [-0.15, -0.1) is 0 Å². The predicted octanol–water partition coefficient (Wildman–Crippen LogP) is 5.13. The van der Waals surface area contributed by atoms with E-state index in [4.69, 9.17) is 16.3 Å². The number of nitriles is 1. The highest BCUT2D eigenvalue weighted by Crippen LogP contribution is 2.43. The smallest absolute Gasteiger partial charge is 0.147 e. The average Bonchev–Trinajstić information content (AvgIpc) is 3.42. The van der Waals surface area contributed by atoms with Crippen molar-refractivity contribution in [2.24, 2.45) is 0 Å². The van der Waals surface area contributed by atoms with Gasteiger partial charge in [-0.25, -0.2) is 4.98 Å². The molecule has 2 heterocycles. The van der Waals surface area contributed by atoms with Gasteiger partial charge in [0.2, 0.25) is 0 Å². The summed E-state index contributed by atoms with van der Waals surface area (Å²) in [5, 5.41) is 18.4. The molecule has 5 rings (SSSR count). The largest absolute Gasteiger partial charge is 0.484 e. The van der Waals surface area contributed by atoms with Crippen LogP contribution in [0.25, 0.3) is 10.9 Å². The van der Waals surface area contributed by atoms with Crippen LogP contribution in [-0.4, -0.2) is 15.2 Å². The molecule has 0 bridgehead atoms. The number of pyridine rings is 1. The molecular weight excluding hydrogens is 360 g/mol. The maximum absolute atomic E-state index is 9.34. The number of H-pyrrole nitrogens is 1. The van der Waals surface area contributed by atoms with Crippen LogP contribution in [0, 0.1) is 18.3 Å². The minimum atomic E-state index is -0.147. The molecule has 6 heteroatoms. The van der Waals surface area contributed by atoms with Crippen molar-refractivity contribution >= 4 is 22.5 Å². The molecule has 1 saturated carbocycles. The van der Waals surface area contributed by atoms with Crippen molar-refractivity contribution in [1.29, 1.82) is 5.26 Å². The van der Waals surface area contributed by atoms with Crippen LogP contribution in [0.2, 0.25) is 5.15 Å². The lowest BCUT2D eigenvalue weighted by Gasteiger charge is -2.27. The molecule has 136 valence electrons. The lowest BCUT2D eigenvalue weighted by Crippen LogP contribution is -2.19. The first-order chi connectivity index (χ1) is 13.2. The Bertz CT molecular complexity index is 1090. The molecule has 1 aromatic carbocycles. The van der Waals surface area contributed by atoms with Crippen molar-refractivity contribution in [3.8, 4) is 11.8 Å². The van der Waals surface area contributed by atoms with Crippen molar-refractivity contribution in [3.05, 3.63) is 51.4 Å². The standard InChI is InChI=1S/C21H19ClN4O/c1-11-14-3-2-4-18(20(14)24-21(22)16(11)10-23)27-13-7-8-17-15(9-13)19(26-25-17)12-5-6-12/h7-9,12,18H,2-6H2,1H3,(H,25,26)/t18-/m0/s1. The molecule has 5 nitrogen and oxygen atoms in total. The van der Waals surface area contributed by atoms with E-state index in [1.807, 2.05) is 19.1 Å². The van der Waals surface area contributed by atoms with Crippen LogP contribution in [0.1, 0.15) is 65.8 Å². The third-order valence-corrected chi connectivity index (χ3v) is 5.95. The Labute approximate surface area is 162 Å². The number of fused-ring (bicyclic) bond motifs is 2. The molecule has 0 aliphatic heterocycles. The quantitative estimate of drug-likeness (QED) is 0.641. The summed E-state index contributed by atoms with van der Waals surface area (Å²) in [6.45, 7) is 1.95. The SMILES string of the molecule is Cc1c(C#N)c(Cl)nc2c1CCC[C@@H]2Oc1ccc2[nH]nc(C3CC3)c2c1. The fourth-order valence-corrected chi connectivity index (χ4v) is 4.35. The lowest BCUT2D eigenvalue weighted by atomic mass is 9.89. The number of hydrogen-bond donors (Lipinski definition) is 1. The van der Waals surface area contributed by atoms with Gasteiger partial charge in [-0.1, -0.05) is 11.6 Å². The van der Waals surface area contributed by atoms with Gasteiger partial charge in [0.1, 0.15) is 23.1 Å². The number of nitrogens with zero attached hydrogens (tertiary/aromatic N) is 3. The normalized spacial score (nSPS) is 18.9. The zero-order valence-electron chi connectivity index (χ0n) is 15.1. The molecule has 0 saturated heterocycles. The van der Waals surface area contributed by atoms with Crippen LogP contribution < -0.4 is 4.74 Å². The number of aromatic amines is 1. The van der Waals surface area contributed by atoms with Gasteiger partial charge >= 0.3 is 0 Å². The van der Waals surface area contributed by atoms with Crippen LogP contribution >= 0.6 is 11.6 Å². The number of nitrogens with one attached hydrogen (secondary N) is 1. The summed E-state index contributed by atoms with van der Waals surface area (Å²) in [6.07, 6.45) is 5.08. The van der Waals surface area contributed by atoms with Crippen LogP contribution in [0.4, 0.5) is 0 Å². The summed E-state index contributed by atoms with van der Waals surface area (Å²) in [5.74, 6) is 1.40. The van der Waals surface area contributed by atoms with Gasteiger partial charge in [-0.2, -0.15) is 10.4 Å². The lowest BCUT2D eigenvalue weighted by molar-refractivity contribution is 0.178. The van der Waals surface area contributed by atoms with Gasteiger partial charge in [-0.3, -0.25) is 5.10 Å². The van der Waals surface area contributed by atoms with Gasteiger partial charge in [0.25, 0.3) is 0 Å². The molecule has 0 amide bonds. The molecule has 1 atom stereocenters. The van der Waals surface area contributed by atoms with Gasteiger partial charge in [0.05, 0.1) is 22.5 Å². The Hall–Kier alpha value is -2.58. The van der Waals surface area contributed by atoms with Crippen LogP contribution in [0.5, 0.6) is 5.75 Å². The molecule has 1 N–H and O–H groups in total. The third-order valence-electron chi connectivity index (χ3n) is 5.68. The second-order valence-corrected chi connectivity index (χ2v) is 7.83. The number of benzene rings is 1. The van der Waals surface area contributed by atoms with E-state index >= 15 is 0 Å². The van der Waals surface area contributed by atoms with Gasteiger partial charge in [-0.05, 0) is 68.4 Å². The number of ether oxygens (including phenoxy) is 1. The maximum Gasteiger partial charge on any atom is 0.147 e. The summed E-state index contributed by atoms with van der Waals surface area (Å²) in [7, 11) is 0. The molecule has 0 unspecified atom stereocenters. The Morgan fingerprint density at radius 2 is 2.11 bits per heavy atom. The first-order valence-corrected chi connectivity index (χ1v) is 9.77. The van der Waals surface area contributed by atoms with Crippen molar-refractivity contribution in [2.75, 3.05) is 0 Å². The summed E-state index contributed by atoms with van der Waals surface area (Å²) in [5.41, 5.74) is 5.58. The fraction of sp³-hybridized carbons (Fsp3) is 0.381. The molecule has 0 spiro atoms. The second-order valence-electron chi connectivity index (χ2n) is 7.47. The Balaban J connectivity index is 1.51. The minimum absolute atomic E-state index is 0.147. The third kappa shape index (κ3) is 2.76. The molecule has 2 aliphatic rings. The van der Waals surface area contributed by atoms with Gasteiger partial charge in [0.15, 0.2) is 0 Å². The van der Waals surface area contributed by atoms with E-state index < -0.39 is 0 Å². The summed E-state index contributed by atoms with van der Waals surface area (Å²) in [6, 6.07) is 8.26. The first-order valence-electron chi connectivity index (χ1n) is 9.39. The van der Waals surface area contributed by atoms with Gasteiger partial charge < -0.3 is 4.74 Å². The van der Waals surface area contributed by atoms with Crippen LogP contribution in [0.3, 0.4) is 0 Å². The molecule has 1 fully saturated rings. The second kappa shape index (κ2) is 6.24. The van der Waals surface area contributed by atoms with Gasteiger partial charge in [0, 0.05) is 11.3 Å². The molecule has 2 aromatic heterocycles. The van der Waals surface area contributed by atoms with Crippen molar-refractivity contribution in [1.82, 2.24) is 15.2 Å². The zero-order valence-corrected chi connectivity index (χ0v) is 15.8. The highest BCUT2D eigenvalue weighted by Gasteiger charge is 2.29. The van der Waals surface area contributed by atoms with Crippen molar-refractivity contribution in [3.63, 3.8) is 0 Å². The molecule has 3 aromatic rings. The molecule has 0 radical (unpaired) electrons. The van der Waals surface area contributed by atoms with E-state index in [-0.39, 0.29) is 11.3 Å². The predicted molar refractivity (Wildman–Crippen MR) is 103 cm³/mol. The Kier molecular flexibility index (Phi) is 3.84. The van der Waals surface area contributed by atoms with E-state index in [0.29, 0.717) is 11.5 Å². The van der Waals surface area contributed by atoms with E-state index in [1.165, 1.54) is 12.8 Å². The highest BCUT2D eigenvalue weighted by molar-refractivity contribution is 6.30. The van der Waals surface area contributed by atoms with Crippen molar-refractivity contribution in [2.45, 2.75) is 51.0 Å². The van der Waals surface area contributed by atoms with E-state index in [1.54, 1.807) is 0 Å². The number of hydrogen-bond acceptors (Lipinski definition) is 4. The van der Waals surface area contributed by atoms with Crippen molar-refractivity contribution < 1.29 is 4.74 Å².